The second-order valence-corrected chi connectivity index (χ2v) is 12.2. The quantitative estimate of drug-likeness (QED) is 0.0524. The molecule has 0 amide bonds. The fourth-order valence-corrected chi connectivity index (χ4v) is 6.44. The van der Waals surface area contributed by atoms with E-state index in [4.69, 9.17) is 4.74 Å². The van der Waals surface area contributed by atoms with E-state index >= 15 is 35.1 Å². The summed E-state index contributed by atoms with van der Waals surface area (Å²) in [7, 11) is 1.70. The molecule has 0 aliphatic rings. The lowest BCUT2D eigenvalue weighted by Crippen LogP contribution is -2.81. The van der Waals surface area contributed by atoms with Crippen LogP contribution in [0.15, 0.2) is 54.9 Å². The Hall–Kier alpha value is -6.29. The zero-order chi connectivity index (χ0) is 44.9. The maximum absolute atomic E-state index is 15.4. The standard InChI is InChI=1S/C24BF20.C13H14NO/c26-5-1(6(27)14(35)21(42)13(5)34)25(2-7(28)15(36)22(43)16(37)8(2)29,3-9(30)17(38)23(44)18(39)10(3)31)4-11(32)19(40)24(45)20(41)12(4)33;1-15-13-8-4-3-7-12(13)11-14-9-5-2-6-10-14/h;2-10H,11H2,1H3/q-1;+1. The molecule has 0 aliphatic carbocycles. The second-order valence-electron chi connectivity index (χ2n) is 12.2. The first-order chi connectivity index (χ1) is 28.1. The fourth-order valence-electron chi connectivity index (χ4n) is 6.44. The number of rotatable bonds is 7. The Morgan fingerprint density at radius 2 is 0.600 bits per heavy atom. The molecule has 6 aromatic rings. The summed E-state index contributed by atoms with van der Waals surface area (Å²) in [6.45, 7) is 0.838. The first kappa shape index (κ1) is 44.8. The number of halogens is 20. The van der Waals surface area contributed by atoms with Crippen molar-refractivity contribution in [1.82, 2.24) is 0 Å². The number of benzene rings is 5. The molecule has 6 rings (SSSR count). The van der Waals surface area contributed by atoms with E-state index in [0.29, 0.717) is 0 Å². The monoisotopic (exact) mass is 879 g/mol. The van der Waals surface area contributed by atoms with Crippen LogP contribution in [0.25, 0.3) is 0 Å². The van der Waals surface area contributed by atoms with Crippen LogP contribution in [-0.4, -0.2) is 13.3 Å². The molecule has 0 bridgehead atoms. The van der Waals surface area contributed by atoms with Crippen molar-refractivity contribution in [3.8, 4) is 5.75 Å². The lowest BCUT2D eigenvalue weighted by atomic mass is 9.12. The Morgan fingerprint density at radius 1 is 0.350 bits per heavy atom. The molecule has 0 N–H and O–H groups in total. The summed E-state index contributed by atoms with van der Waals surface area (Å²) in [4.78, 5) is 0. The topological polar surface area (TPSA) is 13.1 Å². The summed E-state index contributed by atoms with van der Waals surface area (Å²) < 4.78 is 301. The van der Waals surface area contributed by atoms with Crippen molar-refractivity contribution in [2.24, 2.45) is 0 Å². The van der Waals surface area contributed by atoms with Gasteiger partial charge >= 0.3 is 0 Å². The van der Waals surface area contributed by atoms with E-state index in [9.17, 15) is 52.7 Å². The second kappa shape index (κ2) is 16.8. The lowest BCUT2D eigenvalue weighted by Gasteiger charge is -2.44. The zero-order valence-corrected chi connectivity index (χ0v) is 28.9. The molecule has 0 unspecified atom stereocenters. The molecule has 0 fully saturated rings. The highest BCUT2D eigenvalue weighted by atomic mass is 19.2. The first-order valence-corrected chi connectivity index (χ1v) is 15.9. The number of nitrogens with zero attached hydrogens (tertiary/aromatic N) is 1. The van der Waals surface area contributed by atoms with Crippen LogP contribution in [0.4, 0.5) is 87.8 Å². The van der Waals surface area contributed by atoms with Crippen LogP contribution in [0.5, 0.6) is 5.75 Å². The van der Waals surface area contributed by atoms with Gasteiger partial charge in [-0.05, 0) is 12.1 Å². The molecule has 2 nitrogen and oxygen atoms in total. The molecular formula is C37H14BF20NO. The number of para-hydroxylation sites is 1. The van der Waals surface area contributed by atoms with Crippen molar-refractivity contribution in [2.45, 2.75) is 6.54 Å². The number of pyridine rings is 1. The molecule has 0 aliphatic heterocycles. The average Bonchev–Trinajstić information content (AvgIpc) is 3.24. The molecule has 0 spiro atoms. The van der Waals surface area contributed by atoms with E-state index in [1.54, 1.807) is 7.11 Å². The zero-order valence-electron chi connectivity index (χ0n) is 28.9. The van der Waals surface area contributed by atoms with Crippen molar-refractivity contribution in [1.29, 1.82) is 0 Å². The Labute approximate surface area is 321 Å². The molecule has 1 aromatic heterocycles. The lowest BCUT2D eigenvalue weighted by molar-refractivity contribution is -0.688. The van der Waals surface area contributed by atoms with Gasteiger partial charge in [0.15, 0.2) is 88.7 Å². The summed E-state index contributed by atoms with van der Waals surface area (Å²) >= 11 is 0. The molecule has 0 saturated carbocycles. The summed E-state index contributed by atoms with van der Waals surface area (Å²) in [5.74, 6) is -70.5. The van der Waals surface area contributed by atoms with Crippen molar-refractivity contribution >= 4 is 28.0 Å². The van der Waals surface area contributed by atoms with Crippen molar-refractivity contribution in [3.63, 3.8) is 0 Å². The van der Waals surface area contributed by atoms with E-state index in [1.807, 2.05) is 48.8 Å². The van der Waals surface area contributed by atoms with Crippen molar-refractivity contribution < 1.29 is 97.1 Å². The van der Waals surface area contributed by atoms with Crippen molar-refractivity contribution in [2.75, 3.05) is 7.11 Å². The highest BCUT2D eigenvalue weighted by Gasteiger charge is 2.52. The average molecular weight is 879 g/mol. The van der Waals surface area contributed by atoms with Crippen LogP contribution in [0.3, 0.4) is 0 Å². The summed E-state index contributed by atoms with van der Waals surface area (Å²) in [6.07, 6.45) is -3.12. The third-order valence-electron chi connectivity index (χ3n) is 9.03. The van der Waals surface area contributed by atoms with E-state index < -0.39 is 144 Å². The van der Waals surface area contributed by atoms with Gasteiger partial charge in [-0.15, -0.1) is 21.9 Å². The minimum atomic E-state index is -7.22. The third-order valence-corrected chi connectivity index (χ3v) is 9.03. The van der Waals surface area contributed by atoms with Gasteiger partial charge in [0.25, 0.3) is 0 Å². The van der Waals surface area contributed by atoms with E-state index in [2.05, 4.69) is 10.6 Å². The summed E-state index contributed by atoms with van der Waals surface area (Å²) in [5.41, 5.74) is -13.1. The Bertz CT molecular complexity index is 2300. The van der Waals surface area contributed by atoms with Gasteiger partial charge in [0.2, 0.25) is 0 Å². The van der Waals surface area contributed by atoms with Gasteiger partial charge in [-0.3, -0.25) is 0 Å². The Morgan fingerprint density at radius 3 is 0.867 bits per heavy atom. The smallest absolute Gasteiger partial charge is 0.200 e. The Balaban J connectivity index is 0.000000379. The molecule has 0 atom stereocenters. The molecule has 1 heterocycles. The van der Waals surface area contributed by atoms with Gasteiger partial charge in [-0.1, -0.05) is 18.2 Å². The Kier molecular flexibility index (Phi) is 12.5. The number of aromatic nitrogens is 1. The predicted octanol–water partition coefficient (Wildman–Crippen LogP) is 7.88. The minimum absolute atomic E-state index is 0.838. The number of ether oxygens (including phenoxy) is 1. The first-order valence-electron chi connectivity index (χ1n) is 15.9. The van der Waals surface area contributed by atoms with Gasteiger partial charge in [0, 0.05) is 12.1 Å². The molecular weight excluding hydrogens is 865 g/mol. The van der Waals surface area contributed by atoms with E-state index in [0.717, 1.165) is 12.3 Å². The highest BCUT2D eigenvalue weighted by Crippen LogP contribution is 2.31. The largest absolute Gasteiger partial charge is 0.496 e. The van der Waals surface area contributed by atoms with Crippen LogP contribution < -0.4 is 31.2 Å². The molecule has 5 aromatic carbocycles. The SMILES string of the molecule is COc1ccccc1C[n+]1ccccc1.Fc1c(F)c(F)c([B-](c2c(F)c(F)c(F)c(F)c2F)(c2c(F)c(F)c(F)c(F)c2F)c2c(F)c(F)c(F)c(F)c2F)c(F)c1F. The normalized spacial score (nSPS) is 11.5. The number of hydrogen-bond donors (Lipinski definition) is 0. The highest BCUT2D eigenvalue weighted by molar-refractivity contribution is 7.20. The van der Waals surface area contributed by atoms with Gasteiger partial charge < -0.3 is 4.74 Å². The maximum Gasteiger partial charge on any atom is 0.200 e. The number of hydrogen-bond acceptors (Lipinski definition) is 1. The van der Waals surface area contributed by atoms with Crippen LogP contribution in [0, 0.1) is 116 Å². The molecule has 0 radical (unpaired) electrons. The fraction of sp³-hybridized carbons (Fsp3) is 0.0541. The van der Waals surface area contributed by atoms with E-state index in [-0.39, 0.29) is 0 Å². The maximum atomic E-state index is 15.4. The van der Waals surface area contributed by atoms with Gasteiger partial charge in [0.05, 0.1) is 12.7 Å². The molecule has 316 valence electrons. The summed E-state index contributed by atoms with van der Waals surface area (Å²) in [5, 5.41) is 0. The third kappa shape index (κ3) is 6.91. The van der Waals surface area contributed by atoms with Gasteiger partial charge in [0.1, 0.15) is 58.4 Å². The number of methoxy groups -OCH3 is 1. The van der Waals surface area contributed by atoms with Gasteiger partial charge in [-0.25, -0.2) is 92.4 Å². The molecule has 0 saturated heterocycles. The molecule has 23 heteroatoms. The van der Waals surface area contributed by atoms with Crippen LogP contribution in [-0.2, 0) is 6.54 Å². The van der Waals surface area contributed by atoms with Crippen LogP contribution in [0.2, 0.25) is 0 Å². The van der Waals surface area contributed by atoms with Crippen LogP contribution in [0.1, 0.15) is 5.56 Å². The molecule has 60 heavy (non-hydrogen) atoms. The van der Waals surface area contributed by atoms with Crippen LogP contribution >= 0.6 is 0 Å². The van der Waals surface area contributed by atoms with Gasteiger partial charge in [-0.2, -0.15) is 0 Å². The summed E-state index contributed by atoms with van der Waals surface area (Å²) in [6, 6.07) is 14.1. The predicted molar refractivity (Wildman–Crippen MR) is 168 cm³/mol. The minimum Gasteiger partial charge on any atom is -0.496 e. The van der Waals surface area contributed by atoms with E-state index in [1.165, 1.54) is 5.56 Å². The van der Waals surface area contributed by atoms with Crippen molar-refractivity contribution in [3.05, 3.63) is 177 Å².